The van der Waals surface area contributed by atoms with E-state index in [0.717, 1.165) is 51.7 Å². The molecule has 0 bridgehead atoms. The Morgan fingerprint density at radius 3 is 1.56 bits per heavy atom. The number of rotatable bonds is 33. The van der Waals surface area contributed by atoms with Gasteiger partial charge in [-0.15, -0.1) is 0 Å². The lowest BCUT2D eigenvalue weighted by atomic mass is 9.87. The topological polar surface area (TPSA) is 55.8 Å². The van der Waals surface area contributed by atoms with Crippen LogP contribution in [0.2, 0.25) is 0 Å². The number of aliphatic hydroxyl groups is 1. The average molecular weight is 732 g/mol. The molecule has 2 fully saturated rings. The summed E-state index contributed by atoms with van der Waals surface area (Å²) in [6.45, 7) is 10.0. The summed E-state index contributed by atoms with van der Waals surface area (Å²) in [7, 11) is 2.24. The number of aliphatic hydroxyl groups excluding tert-OH is 1. The molecule has 2 N–H and O–H groups in total. The van der Waals surface area contributed by atoms with Crippen molar-refractivity contribution < 1.29 is 9.90 Å². The van der Waals surface area contributed by atoms with Gasteiger partial charge in [-0.3, -0.25) is 10.1 Å². The highest BCUT2D eigenvalue weighted by Crippen LogP contribution is 2.29. The molecule has 0 aromatic carbocycles. The number of amides is 1. The standard InChI is InChI=1S/C47H93N3O2/c1-5-8-11-14-17-19-22-27-32-43(31-26-21-16-13-10-7-3)41-50(46(51)35-30-23-20-18-15-12-9-6-2)45(40-42-36-38-49(4)39-37-42)47(52)48-44-33-28-24-25-29-34-44/h42-45,47-48,52H,5-41H2,1-4H3. The fourth-order valence-electron chi connectivity index (χ4n) is 9.23. The van der Waals surface area contributed by atoms with Crippen LogP contribution in [0.15, 0.2) is 0 Å². The number of unbranched alkanes of at least 4 members (excludes halogenated alkanes) is 19. The summed E-state index contributed by atoms with van der Waals surface area (Å²) in [4.78, 5) is 19.3. The second-order valence-electron chi connectivity index (χ2n) is 17.8. The molecule has 2 aliphatic rings. The molecule has 1 aliphatic carbocycles. The molecule has 308 valence electrons. The lowest BCUT2D eigenvalue weighted by Gasteiger charge is -2.41. The van der Waals surface area contributed by atoms with Gasteiger partial charge in [0.05, 0.1) is 6.04 Å². The smallest absolute Gasteiger partial charge is 0.222 e. The highest BCUT2D eigenvalue weighted by atomic mass is 16.3. The second kappa shape index (κ2) is 32.6. The van der Waals surface area contributed by atoms with Crippen LogP contribution in [0.3, 0.4) is 0 Å². The molecular weight excluding hydrogens is 639 g/mol. The number of likely N-dealkylation sites (tertiary alicyclic amines) is 1. The Labute approximate surface area is 326 Å². The molecule has 3 unspecified atom stereocenters. The molecule has 1 amide bonds. The molecule has 0 aromatic heterocycles. The minimum absolute atomic E-state index is 0.121. The van der Waals surface area contributed by atoms with Gasteiger partial charge in [-0.1, -0.05) is 181 Å². The first-order valence-corrected chi connectivity index (χ1v) is 23.9. The first-order valence-electron chi connectivity index (χ1n) is 23.9. The monoisotopic (exact) mass is 732 g/mol. The van der Waals surface area contributed by atoms with Gasteiger partial charge in [-0.05, 0) is 83.3 Å². The van der Waals surface area contributed by atoms with E-state index in [4.69, 9.17) is 0 Å². The first kappa shape index (κ1) is 47.5. The predicted molar refractivity (Wildman–Crippen MR) is 227 cm³/mol. The Bertz CT molecular complexity index is 792. The zero-order chi connectivity index (χ0) is 37.5. The molecule has 5 nitrogen and oxygen atoms in total. The molecule has 1 aliphatic heterocycles. The largest absolute Gasteiger partial charge is 0.376 e. The minimum atomic E-state index is -0.636. The van der Waals surface area contributed by atoms with E-state index in [-0.39, 0.29) is 6.04 Å². The van der Waals surface area contributed by atoms with Gasteiger partial charge in [-0.25, -0.2) is 0 Å². The number of carbonyl (C=O) groups excluding carboxylic acids is 1. The van der Waals surface area contributed by atoms with E-state index in [2.05, 4.69) is 42.9 Å². The summed E-state index contributed by atoms with van der Waals surface area (Å²) in [6.07, 6.45) is 42.1. The Morgan fingerprint density at radius 2 is 1.08 bits per heavy atom. The van der Waals surface area contributed by atoms with Gasteiger partial charge in [0.2, 0.25) is 5.91 Å². The zero-order valence-electron chi connectivity index (χ0n) is 35.8. The van der Waals surface area contributed by atoms with Crippen LogP contribution in [-0.2, 0) is 4.79 Å². The fourth-order valence-corrected chi connectivity index (χ4v) is 9.23. The van der Waals surface area contributed by atoms with Gasteiger partial charge in [0.25, 0.3) is 0 Å². The lowest BCUT2D eigenvalue weighted by molar-refractivity contribution is -0.139. The van der Waals surface area contributed by atoms with E-state index in [0.29, 0.717) is 30.2 Å². The number of nitrogens with zero attached hydrogens (tertiary/aromatic N) is 2. The number of hydrogen-bond acceptors (Lipinski definition) is 4. The van der Waals surface area contributed by atoms with E-state index >= 15 is 0 Å². The number of piperidine rings is 1. The summed E-state index contributed by atoms with van der Waals surface area (Å²) in [5.74, 6) is 1.45. The van der Waals surface area contributed by atoms with Gasteiger partial charge in [-0.2, -0.15) is 0 Å². The number of nitrogens with one attached hydrogen (secondary N) is 1. The van der Waals surface area contributed by atoms with Gasteiger partial charge in [0.15, 0.2) is 0 Å². The maximum atomic E-state index is 14.6. The summed E-state index contributed by atoms with van der Waals surface area (Å²) in [5, 5.41) is 16.0. The van der Waals surface area contributed by atoms with Crippen LogP contribution >= 0.6 is 0 Å². The summed E-state index contributed by atoms with van der Waals surface area (Å²) >= 11 is 0. The molecule has 3 atom stereocenters. The Hall–Kier alpha value is -0.650. The Kier molecular flexibility index (Phi) is 29.8. The third-order valence-corrected chi connectivity index (χ3v) is 12.9. The van der Waals surface area contributed by atoms with Crippen molar-refractivity contribution in [2.45, 2.75) is 257 Å². The first-order chi connectivity index (χ1) is 25.5. The quantitative estimate of drug-likeness (QED) is 0.0401. The minimum Gasteiger partial charge on any atom is -0.376 e. The van der Waals surface area contributed by atoms with Crippen LogP contribution in [0.25, 0.3) is 0 Å². The molecule has 1 saturated carbocycles. The Morgan fingerprint density at radius 1 is 0.635 bits per heavy atom. The van der Waals surface area contributed by atoms with Crippen molar-refractivity contribution in [1.29, 1.82) is 0 Å². The van der Waals surface area contributed by atoms with Gasteiger partial charge >= 0.3 is 0 Å². The van der Waals surface area contributed by atoms with Crippen molar-refractivity contribution in [3.05, 3.63) is 0 Å². The maximum absolute atomic E-state index is 14.6. The van der Waals surface area contributed by atoms with Crippen LogP contribution in [-0.4, -0.2) is 65.8 Å². The normalized spacial score (nSPS) is 18.3. The third-order valence-electron chi connectivity index (χ3n) is 12.9. The van der Waals surface area contributed by atoms with Crippen molar-refractivity contribution in [3.63, 3.8) is 0 Å². The molecule has 1 heterocycles. The van der Waals surface area contributed by atoms with Crippen LogP contribution in [0.1, 0.15) is 239 Å². The SMILES string of the molecule is CCCCCCCCCCC(=O)N(CC(CCCCCCCC)CCCCCCCCCC)C(CC1CCN(C)CC1)C(O)NC1CCCCCC1. The third kappa shape index (κ3) is 23.3. The molecule has 2 rings (SSSR count). The van der Waals surface area contributed by atoms with Crippen LogP contribution in [0, 0.1) is 11.8 Å². The van der Waals surface area contributed by atoms with Crippen molar-refractivity contribution in [2.24, 2.45) is 11.8 Å². The van der Waals surface area contributed by atoms with Crippen molar-refractivity contribution in [2.75, 3.05) is 26.7 Å². The zero-order valence-corrected chi connectivity index (χ0v) is 35.8. The van der Waals surface area contributed by atoms with Gasteiger partial charge in [0.1, 0.15) is 6.23 Å². The molecule has 0 spiro atoms. The summed E-state index contributed by atoms with van der Waals surface area (Å²) in [5.41, 5.74) is 0. The fraction of sp³-hybridized carbons (Fsp3) is 0.979. The van der Waals surface area contributed by atoms with E-state index in [1.165, 1.54) is 180 Å². The van der Waals surface area contributed by atoms with E-state index in [1.807, 2.05) is 0 Å². The van der Waals surface area contributed by atoms with E-state index in [9.17, 15) is 9.90 Å². The second-order valence-corrected chi connectivity index (χ2v) is 17.8. The molecule has 0 radical (unpaired) electrons. The van der Waals surface area contributed by atoms with E-state index in [1.54, 1.807) is 0 Å². The van der Waals surface area contributed by atoms with E-state index < -0.39 is 6.23 Å². The number of hydrogen-bond donors (Lipinski definition) is 2. The van der Waals surface area contributed by atoms with Crippen LogP contribution in [0.5, 0.6) is 0 Å². The van der Waals surface area contributed by atoms with Gasteiger partial charge in [0, 0.05) is 19.0 Å². The van der Waals surface area contributed by atoms with Crippen LogP contribution in [0.4, 0.5) is 0 Å². The summed E-state index contributed by atoms with van der Waals surface area (Å²) < 4.78 is 0. The molecule has 1 saturated heterocycles. The molecule has 52 heavy (non-hydrogen) atoms. The maximum Gasteiger partial charge on any atom is 0.222 e. The highest BCUT2D eigenvalue weighted by molar-refractivity contribution is 5.76. The van der Waals surface area contributed by atoms with Crippen molar-refractivity contribution in [3.8, 4) is 0 Å². The Balaban J connectivity index is 2.21. The molecule has 5 heteroatoms. The van der Waals surface area contributed by atoms with Crippen molar-refractivity contribution in [1.82, 2.24) is 15.1 Å². The van der Waals surface area contributed by atoms with Crippen LogP contribution < -0.4 is 5.32 Å². The average Bonchev–Trinajstić information content (AvgIpc) is 3.42. The lowest BCUT2D eigenvalue weighted by Crippen LogP contribution is -2.56. The molecule has 0 aromatic rings. The van der Waals surface area contributed by atoms with Crippen molar-refractivity contribution >= 4 is 5.91 Å². The number of carbonyl (C=O) groups is 1. The predicted octanol–water partition coefficient (Wildman–Crippen LogP) is 13.0. The highest BCUT2D eigenvalue weighted by Gasteiger charge is 2.35. The molecular formula is C47H93N3O2. The van der Waals surface area contributed by atoms with Gasteiger partial charge < -0.3 is 14.9 Å². The summed E-state index contributed by atoms with van der Waals surface area (Å²) in [6, 6.07) is 0.252.